The molecule has 4 nitrogen and oxygen atoms in total. The molecule has 0 fully saturated rings. The lowest BCUT2D eigenvalue weighted by atomic mass is 10.0. The molecule has 2 aromatic rings. The van der Waals surface area contributed by atoms with Crippen LogP contribution < -0.4 is 9.04 Å². The zero-order valence-corrected chi connectivity index (χ0v) is 14.2. The van der Waals surface area contributed by atoms with Gasteiger partial charge in [-0.15, -0.1) is 0 Å². The number of para-hydroxylation sites is 1. The number of hydrogen-bond donors (Lipinski definition) is 0. The van der Waals surface area contributed by atoms with E-state index in [-0.39, 0.29) is 10.5 Å². The average molecular weight is 329 g/mol. The molecule has 23 heavy (non-hydrogen) atoms. The van der Waals surface area contributed by atoms with Gasteiger partial charge in [0.05, 0.1) is 10.6 Å². The maximum atomic E-state index is 12.8. The molecule has 2 aromatic carbocycles. The zero-order chi connectivity index (χ0) is 16.7. The van der Waals surface area contributed by atoms with Gasteiger partial charge in [-0.25, -0.2) is 8.42 Å². The first-order chi connectivity index (χ1) is 10.8. The van der Waals surface area contributed by atoms with Crippen LogP contribution >= 0.6 is 0 Å². The maximum absolute atomic E-state index is 12.8. The minimum absolute atomic E-state index is 0.246. The van der Waals surface area contributed by atoms with Crippen LogP contribution in [0.15, 0.2) is 59.5 Å². The first kappa shape index (κ1) is 15.6. The highest BCUT2D eigenvalue weighted by molar-refractivity contribution is 7.92. The van der Waals surface area contributed by atoms with Crippen LogP contribution in [0.25, 0.3) is 6.08 Å². The van der Waals surface area contributed by atoms with Gasteiger partial charge in [0.2, 0.25) is 0 Å². The van der Waals surface area contributed by atoms with Crippen LogP contribution in [0.2, 0.25) is 0 Å². The van der Waals surface area contributed by atoms with Gasteiger partial charge in [0, 0.05) is 12.6 Å². The van der Waals surface area contributed by atoms with E-state index in [9.17, 15) is 8.42 Å². The van der Waals surface area contributed by atoms with Crippen molar-refractivity contribution in [2.75, 3.05) is 11.4 Å². The maximum Gasteiger partial charge on any atom is 0.264 e. The number of fused-ring (bicyclic) bond motifs is 1. The van der Waals surface area contributed by atoms with Crippen molar-refractivity contribution in [1.82, 2.24) is 0 Å². The molecule has 0 spiro atoms. The van der Waals surface area contributed by atoms with Crippen molar-refractivity contribution < 1.29 is 13.2 Å². The Bertz CT molecular complexity index is 855. The molecule has 0 atom stereocenters. The summed E-state index contributed by atoms with van der Waals surface area (Å²) >= 11 is 0. The Morgan fingerprint density at radius 3 is 2.43 bits per heavy atom. The van der Waals surface area contributed by atoms with Gasteiger partial charge in [-0.3, -0.25) is 4.31 Å². The standard InChI is InChI=1S/C18H19NO3S/c1-18(2)12-11-14-13-16(9-10-17(14)22-18)23(20,21)19(3)15-7-5-4-6-8-15/h4-13H,1-3H3. The van der Waals surface area contributed by atoms with Gasteiger partial charge < -0.3 is 4.74 Å². The summed E-state index contributed by atoms with van der Waals surface area (Å²) in [5.74, 6) is 0.693. The monoisotopic (exact) mass is 329 g/mol. The Labute approximate surface area is 137 Å². The van der Waals surface area contributed by atoms with Crippen LogP contribution in [0.4, 0.5) is 5.69 Å². The van der Waals surface area contributed by atoms with Crippen LogP contribution in [0.1, 0.15) is 19.4 Å². The molecule has 0 aliphatic carbocycles. The normalized spacial score (nSPS) is 15.6. The average Bonchev–Trinajstić information content (AvgIpc) is 2.53. The molecule has 120 valence electrons. The smallest absolute Gasteiger partial charge is 0.264 e. The number of rotatable bonds is 3. The van der Waals surface area contributed by atoms with E-state index in [4.69, 9.17) is 4.74 Å². The van der Waals surface area contributed by atoms with E-state index in [1.807, 2.05) is 44.2 Å². The predicted molar refractivity (Wildman–Crippen MR) is 92.2 cm³/mol. The third-order valence-corrected chi connectivity index (χ3v) is 5.58. The third-order valence-electron chi connectivity index (χ3n) is 3.80. The molecule has 0 unspecified atom stereocenters. The van der Waals surface area contributed by atoms with Gasteiger partial charge in [-0.1, -0.05) is 24.3 Å². The number of nitrogens with zero attached hydrogens (tertiary/aromatic N) is 1. The van der Waals surface area contributed by atoms with Gasteiger partial charge >= 0.3 is 0 Å². The highest BCUT2D eigenvalue weighted by Crippen LogP contribution is 2.33. The van der Waals surface area contributed by atoms with E-state index in [0.29, 0.717) is 11.4 Å². The second-order valence-electron chi connectivity index (χ2n) is 6.05. The van der Waals surface area contributed by atoms with Crippen molar-refractivity contribution in [1.29, 1.82) is 0 Å². The minimum Gasteiger partial charge on any atom is -0.483 e. The molecular formula is C18H19NO3S. The summed E-state index contributed by atoms with van der Waals surface area (Å²) in [5.41, 5.74) is 1.01. The Balaban J connectivity index is 1.99. The number of sulfonamides is 1. The Morgan fingerprint density at radius 2 is 1.74 bits per heavy atom. The number of hydrogen-bond acceptors (Lipinski definition) is 3. The lowest BCUT2D eigenvalue weighted by Gasteiger charge is -2.28. The van der Waals surface area contributed by atoms with Crippen LogP contribution in [-0.2, 0) is 10.0 Å². The summed E-state index contributed by atoms with van der Waals surface area (Å²) in [6, 6.07) is 14.0. The molecule has 0 saturated heterocycles. The van der Waals surface area contributed by atoms with E-state index >= 15 is 0 Å². The molecule has 1 heterocycles. The molecule has 0 bridgehead atoms. The topological polar surface area (TPSA) is 46.6 Å². The zero-order valence-electron chi connectivity index (χ0n) is 13.4. The molecule has 0 amide bonds. The van der Waals surface area contributed by atoms with Gasteiger partial charge in [0.25, 0.3) is 10.0 Å². The summed E-state index contributed by atoms with van der Waals surface area (Å²) in [7, 11) is -2.06. The van der Waals surface area contributed by atoms with Gasteiger partial charge in [-0.05, 0) is 50.3 Å². The molecular weight excluding hydrogens is 310 g/mol. The van der Waals surface area contributed by atoms with Crippen molar-refractivity contribution >= 4 is 21.8 Å². The van der Waals surface area contributed by atoms with E-state index < -0.39 is 10.0 Å². The van der Waals surface area contributed by atoms with Crippen molar-refractivity contribution in [3.8, 4) is 5.75 Å². The van der Waals surface area contributed by atoms with Crippen LogP contribution in [0, 0.1) is 0 Å². The highest BCUT2D eigenvalue weighted by atomic mass is 32.2. The third kappa shape index (κ3) is 2.97. The van der Waals surface area contributed by atoms with E-state index in [2.05, 4.69) is 0 Å². The first-order valence-electron chi connectivity index (χ1n) is 7.36. The van der Waals surface area contributed by atoms with Crippen molar-refractivity contribution in [3.05, 3.63) is 60.2 Å². The number of benzene rings is 2. The number of anilines is 1. The second-order valence-corrected chi connectivity index (χ2v) is 8.02. The summed E-state index contributed by atoms with van der Waals surface area (Å²) in [4.78, 5) is 0.246. The van der Waals surface area contributed by atoms with Gasteiger partial charge in [0.15, 0.2) is 0 Å². The summed E-state index contributed by atoms with van der Waals surface area (Å²) < 4.78 is 32.7. The fourth-order valence-electron chi connectivity index (χ4n) is 2.45. The highest BCUT2D eigenvalue weighted by Gasteiger charge is 2.25. The Kier molecular flexibility index (Phi) is 3.68. The summed E-state index contributed by atoms with van der Waals surface area (Å²) in [5, 5.41) is 0. The van der Waals surface area contributed by atoms with Crippen molar-refractivity contribution in [2.24, 2.45) is 0 Å². The molecule has 0 saturated carbocycles. The summed E-state index contributed by atoms with van der Waals surface area (Å²) in [6.45, 7) is 3.92. The van der Waals surface area contributed by atoms with Crippen molar-refractivity contribution in [2.45, 2.75) is 24.3 Å². The molecule has 1 aliphatic heterocycles. The Morgan fingerprint density at radius 1 is 1.04 bits per heavy atom. The molecule has 5 heteroatoms. The van der Waals surface area contributed by atoms with Crippen LogP contribution in [-0.4, -0.2) is 21.1 Å². The predicted octanol–water partition coefficient (Wildman–Crippen LogP) is 3.70. The van der Waals surface area contributed by atoms with E-state index in [1.165, 1.54) is 4.31 Å². The summed E-state index contributed by atoms with van der Waals surface area (Å²) in [6.07, 6.45) is 3.83. The SMILES string of the molecule is CN(c1ccccc1)S(=O)(=O)c1ccc2c(c1)C=CC(C)(C)O2. The molecule has 1 aliphatic rings. The fraction of sp³-hybridized carbons (Fsp3) is 0.222. The van der Waals surface area contributed by atoms with Gasteiger partial charge in [-0.2, -0.15) is 0 Å². The molecule has 0 N–H and O–H groups in total. The minimum atomic E-state index is -3.61. The largest absolute Gasteiger partial charge is 0.483 e. The fourth-order valence-corrected chi connectivity index (χ4v) is 3.68. The molecule has 0 radical (unpaired) electrons. The number of ether oxygens (including phenoxy) is 1. The van der Waals surface area contributed by atoms with E-state index in [0.717, 1.165) is 5.56 Å². The molecule has 3 rings (SSSR count). The first-order valence-corrected chi connectivity index (χ1v) is 8.80. The lowest BCUT2D eigenvalue weighted by Crippen LogP contribution is -2.28. The van der Waals surface area contributed by atoms with Crippen LogP contribution in [0.5, 0.6) is 5.75 Å². The van der Waals surface area contributed by atoms with E-state index in [1.54, 1.807) is 37.4 Å². The molecule has 0 aromatic heterocycles. The van der Waals surface area contributed by atoms with Crippen molar-refractivity contribution in [3.63, 3.8) is 0 Å². The quantitative estimate of drug-likeness (QED) is 0.862. The second kappa shape index (κ2) is 5.42. The lowest BCUT2D eigenvalue weighted by molar-refractivity contribution is 0.159. The Hall–Kier alpha value is -2.27. The van der Waals surface area contributed by atoms with Gasteiger partial charge in [0.1, 0.15) is 11.4 Å². The van der Waals surface area contributed by atoms with Crippen LogP contribution in [0.3, 0.4) is 0 Å².